The minimum atomic E-state index is -0.0559. The molecule has 1 aliphatic heterocycles. The average Bonchev–Trinajstić information content (AvgIpc) is 4.02. The lowest BCUT2D eigenvalue weighted by atomic mass is 10.1. The van der Waals surface area contributed by atoms with Gasteiger partial charge in [-0.2, -0.15) is 9.97 Å². The monoisotopic (exact) mass is 762 g/mol. The summed E-state index contributed by atoms with van der Waals surface area (Å²) in [6.07, 6.45) is 6.75. The Balaban J connectivity index is 0.944. The minimum absolute atomic E-state index is 0.0559. The smallest absolute Gasteiger partial charge is 0.248 e. The van der Waals surface area contributed by atoms with Crippen LogP contribution in [-0.4, -0.2) is 111 Å². The van der Waals surface area contributed by atoms with Crippen LogP contribution in [0.5, 0.6) is 0 Å². The summed E-state index contributed by atoms with van der Waals surface area (Å²) >= 11 is 0. The molecule has 0 spiro atoms. The van der Waals surface area contributed by atoms with Crippen molar-refractivity contribution in [3.63, 3.8) is 0 Å². The number of carbonyl (C=O) groups excluding carboxylic acids is 2. The number of benzene rings is 2. The Hall–Kier alpha value is -6.14. The zero-order valence-electron chi connectivity index (χ0n) is 31.7. The summed E-state index contributed by atoms with van der Waals surface area (Å²) in [5.41, 5.74) is 5.50. The molecule has 2 amide bonds. The van der Waals surface area contributed by atoms with Crippen molar-refractivity contribution in [2.75, 3.05) is 39.3 Å². The molecule has 5 heterocycles. The summed E-state index contributed by atoms with van der Waals surface area (Å²) in [6.45, 7) is 8.30. The SMILES string of the molecule is Cc1ccc(-c2noc(Cn3cc(CN4CCCCN(Cc5cn(Cc6nc(-c7ccc(C)cc7)no6)nn5)CC(=O)NCCCCNC(=O)C4)nn3)n2)cc1. The van der Waals surface area contributed by atoms with E-state index < -0.39 is 0 Å². The van der Waals surface area contributed by atoms with Gasteiger partial charge in [0.25, 0.3) is 0 Å². The van der Waals surface area contributed by atoms with Gasteiger partial charge >= 0.3 is 0 Å². The Bertz CT molecular complexity index is 2020. The van der Waals surface area contributed by atoms with Gasteiger partial charge in [0.05, 0.1) is 36.9 Å². The fraction of sp³-hybridized carbons (Fsp3) is 0.421. The van der Waals surface area contributed by atoms with Crippen LogP contribution in [0.25, 0.3) is 22.8 Å². The number of hydrogen-bond donors (Lipinski definition) is 2. The predicted octanol–water partition coefficient (Wildman–Crippen LogP) is 2.79. The molecule has 18 heteroatoms. The van der Waals surface area contributed by atoms with Gasteiger partial charge in [0.15, 0.2) is 0 Å². The van der Waals surface area contributed by atoms with E-state index in [1.54, 1.807) is 9.36 Å². The lowest BCUT2D eigenvalue weighted by molar-refractivity contribution is -0.123. The minimum Gasteiger partial charge on any atom is -0.355 e. The average molecular weight is 763 g/mol. The Morgan fingerprint density at radius 3 is 1.45 bits per heavy atom. The van der Waals surface area contributed by atoms with Crippen molar-refractivity contribution >= 4 is 11.8 Å². The van der Waals surface area contributed by atoms with Gasteiger partial charge in [0, 0.05) is 37.3 Å². The van der Waals surface area contributed by atoms with Crippen LogP contribution in [0.3, 0.4) is 0 Å². The highest BCUT2D eigenvalue weighted by atomic mass is 16.5. The van der Waals surface area contributed by atoms with E-state index in [0.29, 0.717) is 62.7 Å². The van der Waals surface area contributed by atoms with E-state index >= 15 is 0 Å². The number of aryl methyl sites for hydroxylation is 2. The summed E-state index contributed by atoms with van der Waals surface area (Å²) in [6, 6.07) is 15.9. The molecule has 292 valence electrons. The molecule has 4 aromatic heterocycles. The summed E-state index contributed by atoms with van der Waals surface area (Å²) < 4.78 is 14.3. The van der Waals surface area contributed by atoms with Crippen LogP contribution >= 0.6 is 0 Å². The molecule has 0 saturated carbocycles. The molecular formula is C38H46N14O4. The van der Waals surface area contributed by atoms with Gasteiger partial charge in [-0.3, -0.25) is 19.4 Å². The molecule has 1 fully saturated rings. The highest BCUT2D eigenvalue weighted by Gasteiger charge is 2.18. The van der Waals surface area contributed by atoms with Crippen LogP contribution in [0.15, 0.2) is 70.0 Å². The molecule has 2 aromatic carbocycles. The van der Waals surface area contributed by atoms with E-state index in [0.717, 1.165) is 59.3 Å². The van der Waals surface area contributed by atoms with Crippen molar-refractivity contribution in [2.45, 2.75) is 65.7 Å². The van der Waals surface area contributed by atoms with Gasteiger partial charge in [-0.05, 0) is 52.6 Å². The summed E-state index contributed by atoms with van der Waals surface area (Å²) in [7, 11) is 0. The molecule has 0 atom stereocenters. The van der Waals surface area contributed by atoms with Gasteiger partial charge in [-0.15, -0.1) is 10.2 Å². The molecule has 0 radical (unpaired) electrons. The summed E-state index contributed by atoms with van der Waals surface area (Å²) in [5, 5.41) is 31.5. The van der Waals surface area contributed by atoms with E-state index in [1.807, 2.05) is 74.8 Å². The Morgan fingerprint density at radius 2 is 1.02 bits per heavy atom. The molecule has 0 unspecified atom stereocenters. The molecule has 7 rings (SSSR count). The molecule has 6 aromatic rings. The molecule has 0 bridgehead atoms. The molecule has 0 aliphatic carbocycles. The van der Waals surface area contributed by atoms with Crippen molar-refractivity contribution in [3.05, 3.63) is 95.2 Å². The number of aromatic nitrogens is 10. The largest absolute Gasteiger partial charge is 0.355 e. The van der Waals surface area contributed by atoms with E-state index in [1.165, 1.54) is 0 Å². The number of hydrogen-bond acceptors (Lipinski definition) is 14. The van der Waals surface area contributed by atoms with E-state index in [2.05, 4.69) is 61.3 Å². The third kappa shape index (κ3) is 11.0. The normalized spacial score (nSPS) is 15.8. The number of amides is 2. The van der Waals surface area contributed by atoms with Crippen molar-refractivity contribution in [1.82, 2.24) is 70.7 Å². The molecule has 1 saturated heterocycles. The number of nitrogens with zero attached hydrogens (tertiary/aromatic N) is 12. The number of carbonyl (C=O) groups is 2. The van der Waals surface area contributed by atoms with Crippen LogP contribution in [0.1, 0.15) is 60.0 Å². The van der Waals surface area contributed by atoms with E-state index in [9.17, 15) is 9.59 Å². The third-order valence-corrected chi connectivity index (χ3v) is 9.27. The predicted molar refractivity (Wildman–Crippen MR) is 202 cm³/mol. The topological polar surface area (TPSA) is 204 Å². The first kappa shape index (κ1) is 38.1. The standard InChI is InChI=1S/C38H46N14O4/c1-27-7-11-29(12-8-27)37-41-35(55-45-37)25-51-21-31(43-47-51)19-49-17-5-6-18-50(24-34(54)40-16-4-3-15-39-33(53)23-49)20-32-22-52(48-44-32)26-36-42-38(46-56-36)30-13-9-28(2)10-14-30/h7-14,21-22H,3-6,15-20,23-26H2,1-2H3,(H,39,53)(H,40,54). The summed E-state index contributed by atoms with van der Waals surface area (Å²) in [4.78, 5) is 39.0. The van der Waals surface area contributed by atoms with Crippen molar-refractivity contribution in [1.29, 1.82) is 0 Å². The first-order valence-corrected chi connectivity index (χ1v) is 18.9. The van der Waals surface area contributed by atoms with E-state index in [4.69, 9.17) is 9.05 Å². The molecule has 2 N–H and O–H groups in total. The quantitative estimate of drug-likeness (QED) is 0.206. The maximum absolute atomic E-state index is 12.9. The number of rotatable bonds is 10. The zero-order chi connectivity index (χ0) is 38.7. The second kappa shape index (κ2) is 18.5. The van der Waals surface area contributed by atoms with Crippen LogP contribution in [0.4, 0.5) is 0 Å². The van der Waals surface area contributed by atoms with E-state index in [-0.39, 0.29) is 38.0 Å². The van der Waals surface area contributed by atoms with Crippen molar-refractivity contribution < 1.29 is 18.6 Å². The lowest BCUT2D eigenvalue weighted by Gasteiger charge is -2.23. The van der Waals surface area contributed by atoms with Gasteiger partial charge in [0.1, 0.15) is 13.1 Å². The zero-order valence-corrected chi connectivity index (χ0v) is 31.7. The van der Waals surface area contributed by atoms with Crippen LogP contribution < -0.4 is 10.6 Å². The summed E-state index contributed by atoms with van der Waals surface area (Å²) in [5.74, 6) is 1.76. The Morgan fingerprint density at radius 1 is 0.589 bits per heavy atom. The van der Waals surface area contributed by atoms with Gasteiger partial charge < -0.3 is 19.7 Å². The van der Waals surface area contributed by atoms with Crippen molar-refractivity contribution in [3.8, 4) is 22.8 Å². The maximum Gasteiger partial charge on any atom is 0.248 e. The van der Waals surface area contributed by atoms with Gasteiger partial charge in [0.2, 0.25) is 35.2 Å². The third-order valence-electron chi connectivity index (χ3n) is 9.27. The maximum atomic E-state index is 12.9. The van der Waals surface area contributed by atoms with Crippen LogP contribution in [0, 0.1) is 13.8 Å². The van der Waals surface area contributed by atoms with Gasteiger partial charge in [-0.25, -0.2) is 9.36 Å². The van der Waals surface area contributed by atoms with Crippen LogP contribution in [-0.2, 0) is 35.8 Å². The molecule has 56 heavy (non-hydrogen) atoms. The highest BCUT2D eigenvalue weighted by Crippen LogP contribution is 2.18. The fourth-order valence-electron chi connectivity index (χ4n) is 6.31. The Labute approximate surface area is 323 Å². The Kier molecular flexibility index (Phi) is 12.6. The lowest BCUT2D eigenvalue weighted by Crippen LogP contribution is -2.40. The molecular weight excluding hydrogens is 717 g/mol. The molecule has 1 aliphatic rings. The van der Waals surface area contributed by atoms with Crippen molar-refractivity contribution in [2.24, 2.45) is 0 Å². The fourth-order valence-corrected chi connectivity index (χ4v) is 6.31. The highest BCUT2D eigenvalue weighted by molar-refractivity contribution is 5.78. The second-order valence-electron chi connectivity index (χ2n) is 14.1. The number of nitrogens with one attached hydrogen (secondary N) is 2. The van der Waals surface area contributed by atoms with Gasteiger partial charge in [-0.1, -0.05) is 80.4 Å². The molecule has 18 nitrogen and oxygen atoms in total. The second-order valence-corrected chi connectivity index (χ2v) is 14.1. The first-order valence-electron chi connectivity index (χ1n) is 18.9. The van der Waals surface area contributed by atoms with Crippen LogP contribution in [0.2, 0.25) is 0 Å². The first-order chi connectivity index (χ1) is 27.3.